The molecule has 1 aliphatic rings. The number of likely N-dealkylation sites (tertiary alicyclic amines) is 1. The minimum atomic E-state index is -0.711. The quantitative estimate of drug-likeness (QED) is 0.609. The van der Waals surface area contributed by atoms with Crippen molar-refractivity contribution in [2.45, 2.75) is 44.0 Å². The fourth-order valence-electron chi connectivity index (χ4n) is 3.07. The Morgan fingerprint density at radius 3 is 2.46 bits per heavy atom. The van der Waals surface area contributed by atoms with Gasteiger partial charge in [0.1, 0.15) is 6.04 Å². The zero-order valence-electron chi connectivity index (χ0n) is 14.3. The molecule has 6 heteroatoms. The summed E-state index contributed by atoms with van der Waals surface area (Å²) in [5.41, 5.74) is 1.27. The first-order chi connectivity index (χ1) is 11.4. The van der Waals surface area contributed by atoms with Crippen LogP contribution in [0.15, 0.2) is 30.3 Å². The molecule has 1 aromatic carbocycles. The molecule has 2 rings (SSSR count). The van der Waals surface area contributed by atoms with E-state index in [1.54, 1.807) is 6.92 Å². The van der Waals surface area contributed by atoms with Gasteiger partial charge in [-0.15, -0.1) is 0 Å². The van der Waals surface area contributed by atoms with Gasteiger partial charge in [0.15, 0.2) is 0 Å². The summed E-state index contributed by atoms with van der Waals surface area (Å²) >= 11 is 4.78. The Hall–Kier alpha value is -1.53. The van der Waals surface area contributed by atoms with Gasteiger partial charge in [0.05, 0.1) is 6.61 Å². The van der Waals surface area contributed by atoms with Gasteiger partial charge in [0.25, 0.3) is 0 Å². The summed E-state index contributed by atoms with van der Waals surface area (Å²) in [6, 6.07) is 9.60. The lowest BCUT2D eigenvalue weighted by molar-refractivity contribution is -0.148. The molecule has 0 radical (unpaired) electrons. The van der Waals surface area contributed by atoms with E-state index in [9.17, 15) is 9.59 Å². The topological polar surface area (TPSA) is 58.6 Å². The zero-order chi connectivity index (χ0) is 17.6. The fraction of sp³-hybridized carbons (Fsp3) is 0.556. The number of thiol groups is 1. The molecule has 0 spiro atoms. The zero-order valence-corrected chi connectivity index (χ0v) is 15.2. The highest BCUT2D eigenvalue weighted by molar-refractivity contribution is 7.82. The van der Waals surface area contributed by atoms with Crippen LogP contribution in [0.2, 0.25) is 0 Å². The molecule has 1 N–H and O–H groups in total. The minimum absolute atomic E-state index is 0.242. The van der Waals surface area contributed by atoms with Gasteiger partial charge < -0.3 is 10.1 Å². The molecule has 132 valence electrons. The summed E-state index contributed by atoms with van der Waals surface area (Å²) in [6.45, 7) is 6.00. The van der Waals surface area contributed by atoms with E-state index in [-0.39, 0.29) is 5.91 Å². The number of ether oxygens (including phenoxy) is 1. The lowest BCUT2D eigenvalue weighted by Gasteiger charge is -2.42. The lowest BCUT2D eigenvalue weighted by atomic mass is 9.87. The number of rotatable bonds is 6. The first kappa shape index (κ1) is 18.8. The van der Waals surface area contributed by atoms with Crippen LogP contribution in [0.25, 0.3) is 0 Å². The van der Waals surface area contributed by atoms with E-state index in [0.717, 1.165) is 19.6 Å². The second-order valence-electron chi connectivity index (χ2n) is 6.25. The average Bonchev–Trinajstić information content (AvgIpc) is 2.56. The van der Waals surface area contributed by atoms with Crippen LogP contribution in [0.3, 0.4) is 0 Å². The minimum Gasteiger partial charge on any atom is -0.464 e. The van der Waals surface area contributed by atoms with Gasteiger partial charge >= 0.3 is 5.97 Å². The molecule has 1 amide bonds. The predicted molar refractivity (Wildman–Crippen MR) is 96.9 cm³/mol. The summed E-state index contributed by atoms with van der Waals surface area (Å²) < 4.78 is 4.55. The third kappa shape index (κ3) is 4.98. The first-order valence-electron chi connectivity index (χ1n) is 8.37. The molecule has 0 saturated carbocycles. The van der Waals surface area contributed by atoms with Crippen LogP contribution in [-0.4, -0.2) is 47.3 Å². The van der Waals surface area contributed by atoms with Crippen molar-refractivity contribution in [1.82, 2.24) is 10.2 Å². The molecule has 1 aromatic rings. The van der Waals surface area contributed by atoms with Gasteiger partial charge in [-0.2, -0.15) is 12.6 Å². The van der Waals surface area contributed by atoms with Crippen molar-refractivity contribution in [2.24, 2.45) is 0 Å². The smallest absolute Gasteiger partial charge is 0.330 e. The Morgan fingerprint density at radius 1 is 1.29 bits per heavy atom. The highest BCUT2D eigenvalue weighted by Gasteiger charge is 2.43. The van der Waals surface area contributed by atoms with Gasteiger partial charge in [-0.25, -0.2) is 4.79 Å². The standard InChI is InChI=1S/C18H26N2O3S/c1-3-23-17(22)16(19-14(2)21)18(24)9-11-20(12-10-18)13-15-7-5-4-6-8-15/h4-8,16,24H,3,9-13H2,1-2H3,(H,19,21). The second kappa shape index (κ2) is 8.53. The number of carbonyl (C=O) groups excluding carboxylic acids is 2. The van der Waals surface area contributed by atoms with Gasteiger partial charge in [-0.1, -0.05) is 30.3 Å². The molecule has 1 fully saturated rings. The van der Waals surface area contributed by atoms with Gasteiger partial charge in [-0.3, -0.25) is 9.69 Å². The normalized spacial score (nSPS) is 18.6. The largest absolute Gasteiger partial charge is 0.464 e. The molecule has 1 atom stereocenters. The van der Waals surface area contributed by atoms with E-state index in [4.69, 9.17) is 17.4 Å². The molecule has 24 heavy (non-hydrogen) atoms. The Kier molecular flexibility index (Phi) is 6.69. The predicted octanol–water partition coefficient (Wildman–Crippen LogP) is 2.02. The summed E-state index contributed by atoms with van der Waals surface area (Å²) in [5, 5.41) is 2.73. The van der Waals surface area contributed by atoms with Crippen LogP contribution in [0.4, 0.5) is 0 Å². The number of carbonyl (C=O) groups is 2. The van der Waals surface area contributed by atoms with Crippen LogP contribution < -0.4 is 5.32 Å². The number of amides is 1. The average molecular weight is 350 g/mol. The molecule has 0 aromatic heterocycles. The highest BCUT2D eigenvalue weighted by atomic mass is 32.1. The maximum atomic E-state index is 12.3. The molecule has 1 aliphatic heterocycles. The third-order valence-electron chi connectivity index (χ3n) is 4.38. The fourth-order valence-corrected chi connectivity index (χ4v) is 3.44. The van der Waals surface area contributed by atoms with E-state index in [2.05, 4.69) is 22.3 Å². The summed E-state index contributed by atoms with van der Waals surface area (Å²) in [5.74, 6) is -0.646. The van der Waals surface area contributed by atoms with E-state index in [1.807, 2.05) is 18.2 Å². The molecule has 5 nitrogen and oxygen atoms in total. The lowest BCUT2D eigenvalue weighted by Crippen LogP contribution is -2.58. The number of hydrogen-bond acceptors (Lipinski definition) is 5. The van der Waals surface area contributed by atoms with E-state index < -0.39 is 16.8 Å². The van der Waals surface area contributed by atoms with Crippen molar-refractivity contribution in [3.63, 3.8) is 0 Å². The Balaban J connectivity index is 1.99. The number of benzene rings is 1. The summed E-state index contributed by atoms with van der Waals surface area (Å²) in [6.07, 6.45) is 1.43. The highest BCUT2D eigenvalue weighted by Crippen LogP contribution is 2.33. The van der Waals surface area contributed by atoms with Gasteiger partial charge in [0.2, 0.25) is 5.91 Å². The Bertz CT molecular complexity index is 557. The molecule has 0 bridgehead atoms. The summed E-state index contributed by atoms with van der Waals surface area (Å²) in [7, 11) is 0. The maximum Gasteiger partial charge on any atom is 0.330 e. The number of nitrogens with one attached hydrogen (secondary N) is 1. The van der Waals surface area contributed by atoms with Crippen molar-refractivity contribution >= 4 is 24.5 Å². The molecule has 1 unspecified atom stereocenters. The van der Waals surface area contributed by atoms with Crippen molar-refractivity contribution in [1.29, 1.82) is 0 Å². The molecule has 0 aliphatic carbocycles. The Morgan fingerprint density at radius 2 is 1.92 bits per heavy atom. The van der Waals surface area contributed by atoms with E-state index in [1.165, 1.54) is 12.5 Å². The number of hydrogen-bond donors (Lipinski definition) is 2. The summed E-state index contributed by atoms with van der Waals surface area (Å²) in [4.78, 5) is 26.1. The van der Waals surface area contributed by atoms with Crippen molar-refractivity contribution in [3.8, 4) is 0 Å². The molecule has 1 saturated heterocycles. The Labute approximate surface area is 149 Å². The SMILES string of the molecule is CCOC(=O)C(NC(C)=O)C1(S)CCN(Cc2ccccc2)CC1. The van der Waals surface area contributed by atoms with Crippen molar-refractivity contribution < 1.29 is 14.3 Å². The van der Waals surface area contributed by atoms with Gasteiger partial charge in [-0.05, 0) is 38.4 Å². The van der Waals surface area contributed by atoms with Crippen LogP contribution >= 0.6 is 12.6 Å². The van der Waals surface area contributed by atoms with Crippen LogP contribution in [0.5, 0.6) is 0 Å². The van der Waals surface area contributed by atoms with Crippen LogP contribution in [0, 0.1) is 0 Å². The van der Waals surface area contributed by atoms with Crippen molar-refractivity contribution in [2.75, 3.05) is 19.7 Å². The van der Waals surface area contributed by atoms with Crippen LogP contribution in [-0.2, 0) is 20.9 Å². The molecular formula is C18H26N2O3S. The number of esters is 1. The van der Waals surface area contributed by atoms with E-state index >= 15 is 0 Å². The maximum absolute atomic E-state index is 12.3. The number of nitrogens with zero attached hydrogens (tertiary/aromatic N) is 1. The molecule has 1 heterocycles. The van der Waals surface area contributed by atoms with Gasteiger partial charge in [0, 0.05) is 18.2 Å². The first-order valence-corrected chi connectivity index (χ1v) is 8.82. The second-order valence-corrected chi connectivity index (χ2v) is 7.14. The number of piperidine rings is 1. The van der Waals surface area contributed by atoms with Crippen LogP contribution in [0.1, 0.15) is 32.3 Å². The monoisotopic (exact) mass is 350 g/mol. The molecular weight excluding hydrogens is 324 g/mol. The van der Waals surface area contributed by atoms with Crippen molar-refractivity contribution in [3.05, 3.63) is 35.9 Å². The van der Waals surface area contributed by atoms with E-state index in [0.29, 0.717) is 19.4 Å². The third-order valence-corrected chi connectivity index (χ3v) is 5.08.